The Bertz CT molecular complexity index is 632. The molecule has 0 saturated heterocycles. The van der Waals surface area contributed by atoms with Crippen molar-refractivity contribution in [3.63, 3.8) is 0 Å². The normalized spacial score (nSPS) is 12.2. The predicted molar refractivity (Wildman–Crippen MR) is 77.7 cm³/mol. The minimum atomic E-state index is -0.283. The van der Waals surface area contributed by atoms with Gasteiger partial charge in [-0.1, -0.05) is 16.8 Å². The SMILES string of the molecule is Cc1noc(C)c1C(C)NC(=O)c1cc(N)ccc1Cl. The van der Waals surface area contributed by atoms with E-state index in [0.29, 0.717) is 22.0 Å². The number of nitrogens with zero attached hydrogens (tertiary/aromatic N) is 1. The summed E-state index contributed by atoms with van der Waals surface area (Å²) in [5.74, 6) is 0.406. The molecule has 0 aliphatic rings. The number of nitrogens with one attached hydrogen (secondary N) is 1. The van der Waals surface area contributed by atoms with Gasteiger partial charge in [0.1, 0.15) is 5.76 Å². The average Bonchev–Trinajstić information content (AvgIpc) is 2.71. The molecule has 0 aliphatic carbocycles. The van der Waals surface area contributed by atoms with E-state index in [-0.39, 0.29) is 11.9 Å². The van der Waals surface area contributed by atoms with Crippen LogP contribution in [-0.2, 0) is 0 Å². The summed E-state index contributed by atoms with van der Waals surface area (Å²) in [6.07, 6.45) is 0. The van der Waals surface area contributed by atoms with E-state index < -0.39 is 0 Å². The molecule has 2 rings (SSSR count). The van der Waals surface area contributed by atoms with Crippen LogP contribution in [0.1, 0.15) is 40.3 Å². The number of nitrogen functional groups attached to an aromatic ring is 1. The van der Waals surface area contributed by atoms with E-state index in [9.17, 15) is 4.79 Å². The van der Waals surface area contributed by atoms with Gasteiger partial charge in [0.15, 0.2) is 0 Å². The molecule has 1 unspecified atom stereocenters. The largest absolute Gasteiger partial charge is 0.399 e. The molecule has 0 aliphatic heterocycles. The fraction of sp³-hybridized carbons (Fsp3) is 0.286. The number of benzene rings is 1. The third kappa shape index (κ3) is 2.77. The van der Waals surface area contributed by atoms with Crippen molar-refractivity contribution in [2.45, 2.75) is 26.8 Å². The Morgan fingerprint density at radius 3 is 2.75 bits per heavy atom. The van der Waals surface area contributed by atoms with E-state index in [1.54, 1.807) is 18.2 Å². The first-order chi connectivity index (χ1) is 9.40. The highest BCUT2D eigenvalue weighted by Crippen LogP contribution is 2.23. The molecule has 5 nitrogen and oxygen atoms in total. The second-order valence-electron chi connectivity index (χ2n) is 4.67. The average molecular weight is 294 g/mol. The maximum Gasteiger partial charge on any atom is 0.253 e. The van der Waals surface area contributed by atoms with Crippen LogP contribution in [0.4, 0.5) is 5.69 Å². The van der Waals surface area contributed by atoms with E-state index in [2.05, 4.69) is 10.5 Å². The molecular weight excluding hydrogens is 278 g/mol. The highest BCUT2D eigenvalue weighted by Gasteiger charge is 2.20. The molecule has 0 fully saturated rings. The summed E-state index contributed by atoms with van der Waals surface area (Å²) in [5.41, 5.74) is 8.15. The van der Waals surface area contributed by atoms with E-state index in [4.69, 9.17) is 21.9 Å². The van der Waals surface area contributed by atoms with Crippen LogP contribution in [0.2, 0.25) is 5.02 Å². The molecule has 1 atom stereocenters. The maximum atomic E-state index is 12.2. The Hall–Kier alpha value is -2.01. The van der Waals surface area contributed by atoms with Crippen LogP contribution in [0.15, 0.2) is 22.7 Å². The number of halogens is 1. The van der Waals surface area contributed by atoms with Crippen molar-refractivity contribution in [3.05, 3.63) is 45.8 Å². The lowest BCUT2D eigenvalue weighted by molar-refractivity contribution is 0.0940. The fourth-order valence-corrected chi connectivity index (χ4v) is 2.38. The first-order valence-electron chi connectivity index (χ1n) is 6.18. The highest BCUT2D eigenvalue weighted by molar-refractivity contribution is 6.34. The second-order valence-corrected chi connectivity index (χ2v) is 5.08. The molecule has 1 heterocycles. The second kappa shape index (κ2) is 5.54. The smallest absolute Gasteiger partial charge is 0.253 e. The lowest BCUT2D eigenvalue weighted by Crippen LogP contribution is -2.27. The number of hydrogen-bond acceptors (Lipinski definition) is 4. The first-order valence-corrected chi connectivity index (χ1v) is 6.56. The molecule has 106 valence electrons. The van der Waals surface area contributed by atoms with Gasteiger partial charge in [0.25, 0.3) is 5.91 Å². The van der Waals surface area contributed by atoms with Crippen molar-refractivity contribution >= 4 is 23.2 Å². The number of nitrogens with two attached hydrogens (primary N) is 1. The van der Waals surface area contributed by atoms with Crippen LogP contribution in [0, 0.1) is 13.8 Å². The molecule has 1 amide bonds. The van der Waals surface area contributed by atoms with Crippen LogP contribution in [0.25, 0.3) is 0 Å². The van der Waals surface area contributed by atoms with Gasteiger partial charge in [-0.05, 0) is 39.0 Å². The van der Waals surface area contributed by atoms with Gasteiger partial charge in [0.2, 0.25) is 0 Å². The van der Waals surface area contributed by atoms with Crippen LogP contribution in [0.5, 0.6) is 0 Å². The monoisotopic (exact) mass is 293 g/mol. The molecule has 1 aromatic heterocycles. The number of rotatable bonds is 3. The number of anilines is 1. The summed E-state index contributed by atoms with van der Waals surface area (Å²) in [7, 11) is 0. The Balaban J connectivity index is 2.22. The molecule has 0 radical (unpaired) electrons. The van der Waals surface area contributed by atoms with Gasteiger partial charge in [0.05, 0.1) is 22.3 Å². The minimum Gasteiger partial charge on any atom is -0.399 e. The number of amides is 1. The molecule has 1 aromatic carbocycles. The summed E-state index contributed by atoms with van der Waals surface area (Å²) in [6, 6.07) is 4.58. The summed E-state index contributed by atoms with van der Waals surface area (Å²) in [4.78, 5) is 12.2. The van der Waals surface area contributed by atoms with Crippen molar-refractivity contribution in [1.82, 2.24) is 10.5 Å². The minimum absolute atomic E-state index is 0.230. The summed E-state index contributed by atoms with van der Waals surface area (Å²) in [6.45, 7) is 5.51. The molecule has 0 spiro atoms. The predicted octanol–water partition coefficient (Wildman–Crippen LogP) is 3.02. The Labute approximate surface area is 122 Å². The molecular formula is C14H16ClN3O2. The van der Waals surface area contributed by atoms with Crippen molar-refractivity contribution in [2.75, 3.05) is 5.73 Å². The number of carbonyl (C=O) groups excluding carboxylic acids is 1. The van der Waals surface area contributed by atoms with Gasteiger partial charge in [-0.3, -0.25) is 4.79 Å². The van der Waals surface area contributed by atoms with Gasteiger partial charge in [-0.15, -0.1) is 0 Å². The zero-order chi connectivity index (χ0) is 14.9. The third-order valence-electron chi connectivity index (χ3n) is 3.10. The molecule has 0 saturated carbocycles. The first kappa shape index (κ1) is 14.4. The standard InChI is InChI=1S/C14H16ClN3O2/c1-7(13-8(2)18-20-9(13)3)17-14(19)11-6-10(16)4-5-12(11)15/h4-7H,16H2,1-3H3,(H,17,19). The van der Waals surface area contributed by atoms with Crippen LogP contribution in [0.3, 0.4) is 0 Å². The lowest BCUT2D eigenvalue weighted by Gasteiger charge is -2.14. The van der Waals surface area contributed by atoms with Gasteiger partial charge in [-0.25, -0.2) is 0 Å². The summed E-state index contributed by atoms with van der Waals surface area (Å²) in [5, 5.41) is 7.11. The topological polar surface area (TPSA) is 81.2 Å². The Morgan fingerprint density at radius 2 is 2.15 bits per heavy atom. The zero-order valence-corrected chi connectivity index (χ0v) is 12.3. The van der Waals surface area contributed by atoms with Gasteiger partial charge < -0.3 is 15.6 Å². The fourth-order valence-electron chi connectivity index (χ4n) is 2.17. The molecule has 6 heteroatoms. The Morgan fingerprint density at radius 1 is 1.45 bits per heavy atom. The van der Waals surface area contributed by atoms with E-state index in [1.165, 1.54) is 0 Å². The van der Waals surface area contributed by atoms with Crippen LogP contribution >= 0.6 is 11.6 Å². The molecule has 2 aromatic rings. The van der Waals surface area contributed by atoms with Gasteiger partial charge >= 0.3 is 0 Å². The summed E-state index contributed by atoms with van der Waals surface area (Å²) >= 11 is 6.01. The zero-order valence-electron chi connectivity index (χ0n) is 11.5. The van der Waals surface area contributed by atoms with Crippen molar-refractivity contribution in [3.8, 4) is 0 Å². The molecule has 20 heavy (non-hydrogen) atoms. The van der Waals surface area contributed by atoms with E-state index >= 15 is 0 Å². The number of aryl methyl sites for hydroxylation is 2. The number of carbonyl (C=O) groups is 1. The molecule has 0 bridgehead atoms. The van der Waals surface area contributed by atoms with E-state index in [1.807, 2.05) is 20.8 Å². The maximum absolute atomic E-state index is 12.2. The van der Waals surface area contributed by atoms with Gasteiger partial charge in [-0.2, -0.15) is 0 Å². The highest BCUT2D eigenvalue weighted by atomic mass is 35.5. The van der Waals surface area contributed by atoms with E-state index in [0.717, 1.165) is 11.3 Å². The van der Waals surface area contributed by atoms with Crippen molar-refractivity contribution in [2.24, 2.45) is 0 Å². The van der Waals surface area contributed by atoms with Crippen LogP contribution in [-0.4, -0.2) is 11.1 Å². The summed E-state index contributed by atoms with van der Waals surface area (Å²) < 4.78 is 5.10. The lowest BCUT2D eigenvalue weighted by atomic mass is 10.1. The number of hydrogen-bond donors (Lipinski definition) is 2. The quantitative estimate of drug-likeness (QED) is 0.852. The van der Waals surface area contributed by atoms with Crippen molar-refractivity contribution < 1.29 is 9.32 Å². The third-order valence-corrected chi connectivity index (χ3v) is 3.43. The van der Waals surface area contributed by atoms with Gasteiger partial charge in [0, 0.05) is 11.3 Å². The van der Waals surface area contributed by atoms with Crippen molar-refractivity contribution in [1.29, 1.82) is 0 Å². The molecule has 3 N–H and O–H groups in total. The Kier molecular flexibility index (Phi) is 3.99. The number of aromatic nitrogens is 1. The van der Waals surface area contributed by atoms with Crippen LogP contribution < -0.4 is 11.1 Å².